The SMILES string of the molecule is CC1(C)CC(O)CN1Cc1cccc(Cl)c1. The van der Waals surface area contributed by atoms with Gasteiger partial charge in [0.2, 0.25) is 0 Å². The molecule has 3 heteroatoms. The van der Waals surface area contributed by atoms with Crippen LogP contribution in [0.15, 0.2) is 24.3 Å². The molecule has 2 rings (SSSR count). The summed E-state index contributed by atoms with van der Waals surface area (Å²) in [7, 11) is 0. The van der Waals surface area contributed by atoms with Gasteiger partial charge in [0, 0.05) is 23.7 Å². The Morgan fingerprint density at radius 1 is 1.50 bits per heavy atom. The van der Waals surface area contributed by atoms with Crippen LogP contribution in [-0.2, 0) is 6.54 Å². The van der Waals surface area contributed by atoms with Crippen LogP contribution in [0.3, 0.4) is 0 Å². The van der Waals surface area contributed by atoms with Crippen LogP contribution >= 0.6 is 11.6 Å². The molecule has 1 N–H and O–H groups in total. The standard InChI is InChI=1S/C13H18ClNO/c1-13(2)7-12(16)9-15(13)8-10-4-3-5-11(14)6-10/h3-6,12,16H,7-9H2,1-2H3. The van der Waals surface area contributed by atoms with E-state index < -0.39 is 0 Å². The molecule has 0 spiro atoms. The largest absolute Gasteiger partial charge is 0.392 e. The highest BCUT2D eigenvalue weighted by molar-refractivity contribution is 6.30. The zero-order chi connectivity index (χ0) is 11.8. The number of hydrogen-bond acceptors (Lipinski definition) is 2. The molecule has 1 fully saturated rings. The van der Waals surface area contributed by atoms with Crippen molar-refractivity contribution < 1.29 is 5.11 Å². The highest BCUT2D eigenvalue weighted by Crippen LogP contribution is 2.30. The Morgan fingerprint density at radius 2 is 2.25 bits per heavy atom. The van der Waals surface area contributed by atoms with Gasteiger partial charge >= 0.3 is 0 Å². The predicted octanol–water partition coefficient (Wildman–Crippen LogP) is 2.69. The number of β-amino-alcohol motifs (C(OH)–C–C–N with tert-alkyl or cyclic N) is 1. The van der Waals surface area contributed by atoms with Crippen LogP contribution in [-0.4, -0.2) is 28.2 Å². The lowest BCUT2D eigenvalue weighted by Gasteiger charge is -2.31. The van der Waals surface area contributed by atoms with Gasteiger partial charge in [-0.1, -0.05) is 23.7 Å². The zero-order valence-corrected chi connectivity index (χ0v) is 10.5. The summed E-state index contributed by atoms with van der Waals surface area (Å²) in [5.74, 6) is 0. The highest BCUT2D eigenvalue weighted by Gasteiger charge is 2.37. The topological polar surface area (TPSA) is 23.5 Å². The molecule has 1 aliphatic heterocycles. The molecular weight excluding hydrogens is 222 g/mol. The number of hydrogen-bond donors (Lipinski definition) is 1. The summed E-state index contributed by atoms with van der Waals surface area (Å²) in [6.45, 7) is 5.95. The third-order valence-electron chi connectivity index (χ3n) is 3.28. The van der Waals surface area contributed by atoms with Crippen LogP contribution in [0.25, 0.3) is 0 Å². The van der Waals surface area contributed by atoms with Crippen LogP contribution in [0, 0.1) is 0 Å². The summed E-state index contributed by atoms with van der Waals surface area (Å²) in [6.07, 6.45) is 0.641. The zero-order valence-electron chi connectivity index (χ0n) is 9.78. The maximum Gasteiger partial charge on any atom is 0.0684 e. The molecule has 0 amide bonds. The van der Waals surface area contributed by atoms with Gasteiger partial charge in [0.1, 0.15) is 0 Å². The van der Waals surface area contributed by atoms with E-state index in [1.54, 1.807) is 0 Å². The Labute approximate surface area is 102 Å². The average molecular weight is 240 g/mol. The first kappa shape index (κ1) is 11.9. The molecule has 0 aromatic heterocycles. The molecule has 1 saturated heterocycles. The molecule has 0 radical (unpaired) electrons. The van der Waals surface area contributed by atoms with Gasteiger partial charge in [0.05, 0.1) is 6.10 Å². The lowest BCUT2D eigenvalue weighted by Crippen LogP contribution is -2.37. The van der Waals surface area contributed by atoms with Crippen LogP contribution in [0.5, 0.6) is 0 Å². The Bertz CT molecular complexity index is 378. The van der Waals surface area contributed by atoms with Crippen molar-refractivity contribution in [2.75, 3.05) is 6.54 Å². The Morgan fingerprint density at radius 3 is 2.81 bits per heavy atom. The number of likely N-dealkylation sites (tertiary alicyclic amines) is 1. The molecule has 1 aromatic carbocycles. The van der Waals surface area contributed by atoms with Crippen LogP contribution in [0.4, 0.5) is 0 Å². The fourth-order valence-corrected chi connectivity index (χ4v) is 2.62. The Balaban J connectivity index is 2.10. The van der Waals surface area contributed by atoms with E-state index in [0.29, 0.717) is 0 Å². The number of halogens is 1. The van der Waals surface area contributed by atoms with E-state index >= 15 is 0 Å². The number of aliphatic hydroxyl groups is 1. The number of aliphatic hydroxyl groups excluding tert-OH is 1. The molecule has 1 aliphatic rings. The normalized spacial score (nSPS) is 24.9. The molecule has 88 valence electrons. The Hall–Kier alpha value is -0.570. The van der Waals surface area contributed by atoms with E-state index in [4.69, 9.17) is 11.6 Å². The molecular formula is C13H18ClNO. The maximum atomic E-state index is 9.70. The van der Waals surface area contributed by atoms with Crippen LogP contribution in [0.1, 0.15) is 25.8 Å². The lowest BCUT2D eigenvalue weighted by atomic mass is 10.0. The van der Waals surface area contributed by atoms with Gasteiger partial charge in [-0.25, -0.2) is 0 Å². The second-order valence-corrected chi connectivity index (χ2v) is 5.62. The van der Waals surface area contributed by atoms with E-state index in [0.717, 1.165) is 24.5 Å². The fraction of sp³-hybridized carbons (Fsp3) is 0.538. The first-order valence-corrected chi connectivity index (χ1v) is 6.03. The van der Waals surface area contributed by atoms with E-state index in [-0.39, 0.29) is 11.6 Å². The maximum absolute atomic E-state index is 9.70. The van der Waals surface area contributed by atoms with Crippen molar-refractivity contribution in [3.05, 3.63) is 34.9 Å². The van der Waals surface area contributed by atoms with Gasteiger partial charge in [-0.05, 0) is 38.0 Å². The van der Waals surface area contributed by atoms with Gasteiger partial charge in [0.15, 0.2) is 0 Å². The van der Waals surface area contributed by atoms with Crippen molar-refractivity contribution in [1.29, 1.82) is 0 Å². The minimum Gasteiger partial charge on any atom is -0.392 e. The highest BCUT2D eigenvalue weighted by atomic mass is 35.5. The number of nitrogens with zero attached hydrogens (tertiary/aromatic N) is 1. The molecule has 1 unspecified atom stereocenters. The van der Waals surface area contributed by atoms with Gasteiger partial charge in [-0.3, -0.25) is 4.90 Å². The van der Waals surface area contributed by atoms with Gasteiger partial charge in [-0.2, -0.15) is 0 Å². The summed E-state index contributed by atoms with van der Waals surface area (Å²) < 4.78 is 0. The molecule has 1 aromatic rings. The fourth-order valence-electron chi connectivity index (χ4n) is 2.41. The van der Waals surface area contributed by atoms with Crippen LogP contribution in [0.2, 0.25) is 5.02 Å². The van der Waals surface area contributed by atoms with E-state index in [1.807, 2.05) is 18.2 Å². The van der Waals surface area contributed by atoms with Crippen molar-refractivity contribution in [1.82, 2.24) is 4.90 Å². The molecule has 1 atom stereocenters. The van der Waals surface area contributed by atoms with Crippen LogP contribution < -0.4 is 0 Å². The van der Waals surface area contributed by atoms with Gasteiger partial charge in [-0.15, -0.1) is 0 Å². The summed E-state index contributed by atoms with van der Waals surface area (Å²) in [4.78, 5) is 2.31. The smallest absolute Gasteiger partial charge is 0.0684 e. The number of benzene rings is 1. The lowest BCUT2D eigenvalue weighted by molar-refractivity contribution is 0.156. The number of rotatable bonds is 2. The quantitative estimate of drug-likeness (QED) is 0.858. The predicted molar refractivity (Wildman–Crippen MR) is 66.6 cm³/mol. The van der Waals surface area contributed by atoms with Gasteiger partial charge < -0.3 is 5.11 Å². The second-order valence-electron chi connectivity index (χ2n) is 5.18. The first-order valence-electron chi connectivity index (χ1n) is 5.65. The van der Waals surface area contributed by atoms with Crippen molar-refractivity contribution in [2.45, 2.75) is 38.5 Å². The Kier molecular flexibility index (Phi) is 3.24. The molecule has 2 nitrogen and oxygen atoms in total. The molecule has 16 heavy (non-hydrogen) atoms. The average Bonchev–Trinajstić information content (AvgIpc) is 2.39. The van der Waals surface area contributed by atoms with E-state index in [9.17, 15) is 5.11 Å². The second kappa shape index (κ2) is 4.36. The van der Waals surface area contributed by atoms with Crippen molar-refractivity contribution >= 4 is 11.6 Å². The molecule has 0 aliphatic carbocycles. The molecule has 0 saturated carbocycles. The third kappa shape index (κ3) is 2.57. The summed E-state index contributed by atoms with van der Waals surface area (Å²) in [5.41, 5.74) is 1.27. The minimum absolute atomic E-state index is 0.0712. The molecule has 1 heterocycles. The monoisotopic (exact) mass is 239 g/mol. The van der Waals surface area contributed by atoms with Crippen molar-refractivity contribution in [3.63, 3.8) is 0 Å². The van der Waals surface area contributed by atoms with Crippen molar-refractivity contribution in [2.24, 2.45) is 0 Å². The van der Waals surface area contributed by atoms with E-state index in [2.05, 4.69) is 24.8 Å². The third-order valence-corrected chi connectivity index (χ3v) is 3.52. The minimum atomic E-state index is -0.200. The van der Waals surface area contributed by atoms with E-state index in [1.165, 1.54) is 5.56 Å². The van der Waals surface area contributed by atoms with Gasteiger partial charge in [0.25, 0.3) is 0 Å². The first-order chi connectivity index (χ1) is 7.47. The molecule has 0 bridgehead atoms. The summed E-state index contributed by atoms with van der Waals surface area (Å²) in [5, 5.41) is 10.5. The summed E-state index contributed by atoms with van der Waals surface area (Å²) in [6, 6.07) is 7.92. The van der Waals surface area contributed by atoms with Crippen molar-refractivity contribution in [3.8, 4) is 0 Å². The summed E-state index contributed by atoms with van der Waals surface area (Å²) >= 11 is 5.96.